The van der Waals surface area contributed by atoms with Gasteiger partial charge in [0, 0.05) is 0 Å². The van der Waals surface area contributed by atoms with Crippen LogP contribution in [0.5, 0.6) is 0 Å². The Labute approximate surface area is 80.3 Å². The van der Waals surface area contributed by atoms with Crippen LogP contribution in [0.4, 0.5) is 0 Å². The average Bonchev–Trinajstić information content (AvgIpc) is 2.04. The van der Waals surface area contributed by atoms with Crippen molar-refractivity contribution in [2.45, 2.75) is 52.0 Å². The maximum absolute atomic E-state index is 10.9. The van der Waals surface area contributed by atoms with Gasteiger partial charge in [0.15, 0.2) is 0 Å². The number of carboxylic acids is 1. The summed E-state index contributed by atoms with van der Waals surface area (Å²) in [6.07, 6.45) is 2.94. The second-order valence-electron chi connectivity index (χ2n) is 3.93. The number of carbonyl (C=O) groups is 1. The zero-order chi connectivity index (χ0) is 10.5. The van der Waals surface area contributed by atoms with Gasteiger partial charge in [-0.3, -0.25) is 4.79 Å². The van der Waals surface area contributed by atoms with E-state index in [2.05, 4.69) is 6.92 Å². The molecule has 0 amide bonds. The number of aliphatic carboxylic acids is 1. The topological polar surface area (TPSA) is 63.3 Å². The average molecular weight is 187 g/mol. The molecular weight excluding hydrogens is 166 g/mol. The van der Waals surface area contributed by atoms with Gasteiger partial charge in [0.2, 0.25) is 0 Å². The minimum absolute atomic E-state index is 0.382. The van der Waals surface area contributed by atoms with Crippen molar-refractivity contribution in [3.8, 4) is 0 Å². The predicted octanol–water partition coefficient (Wildman–Crippen LogP) is 2.00. The van der Waals surface area contributed by atoms with Crippen LogP contribution in [0.3, 0.4) is 0 Å². The highest BCUT2D eigenvalue weighted by Crippen LogP contribution is 2.22. The zero-order valence-corrected chi connectivity index (χ0v) is 8.84. The maximum Gasteiger partial charge on any atom is 0.323 e. The lowest BCUT2D eigenvalue weighted by Gasteiger charge is -2.26. The first-order valence-corrected chi connectivity index (χ1v) is 4.98. The van der Waals surface area contributed by atoms with Gasteiger partial charge < -0.3 is 10.8 Å². The molecule has 0 aromatic heterocycles. The molecule has 0 heterocycles. The van der Waals surface area contributed by atoms with Crippen LogP contribution in [0.1, 0.15) is 46.5 Å². The van der Waals surface area contributed by atoms with Crippen LogP contribution in [-0.2, 0) is 4.79 Å². The highest BCUT2D eigenvalue weighted by atomic mass is 16.4. The van der Waals surface area contributed by atoms with Crippen molar-refractivity contribution in [2.24, 2.45) is 11.7 Å². The minimum atomic E-state index is -1.01. The van der Waals surface area contributed by atoms with E-state index in [9.17, 15) is 4.79 Å². The van der Waals surface area contributed by atoms with Gasteiger partial charge in [0.25, 0.3) is 0 Å². The molecule has 3 heteroatoms. The van der Waals surface area contributed by atoms with Crippen LogP contribution in [0.15, 0.2) is 0 Å². The Bertz CT molecular complexity index is 170. The fraction of sp³-hybridized carbons (Fsp3) is 0.900. The van der Waals surface area contributed by atoms with E-state index in [0.29, 0.717) is 18.8 Å². The van der Waals surface area contributed by atoms with E-state index in [-0.39, 0.29) is 0 Å². The van der Waals surface area contributed by atoms with E-state index < -0.39 is 11.5 Å². The van der Waals surface area contributed by atoms with Gasteiger partial charge in [-0.25, -0.2) is 0 Å². The molecule has 3 N–H and O–H groups in total. The quantitative estimate of drug-likeness (QED) is 0.668. The van der Waals surface area contributed by atoms with Gasteiger partial charge in [0.1, 0.15) is 5.54 Å². The normalized spacial score (nSPS) is 17.8. The molecule has 0 aromatic rings. The van der Waals surface area contributed by atoms with E-state index in [1.165, 1.54) is 0 Å². The standard InChI is InChI=1S/C10H21NO2/c1-4-6-10(11,9(12)13)7-8(3)5-2/h8H,4-7,11H2,1-3H3,(H,12,13). The Hall–Kier alpha value is -0.570. The van der Waals surface area contributed by atoms with E-state index >= 15 is 0 Å². The van der Waals surface area contributed by atoms with E-state index in [1.54, 1.807) is 0 Å². The summed E-state index contributed by atoms with van der Waals surface area (Å²) < 4.78 is 0. The molecule has 0 aliphatic heterocycles. The number of nitrogens with two attached hydrogens (primary N) is 1. The summed E-state index contributed by atoms with van der Waals surface area (Å²) in [7, 11) is 0. The highest BCUT2D eigenvalue weighted by molar-refractivity contribution is 5.78. The third-order valence-corrected chi connectivity index (χ3v) is 2.53. The molecule has 13 heavy (non-hydrogen) atoms. The predicted molar refractivity (Wildman–Crippen MR) is 53.5 cm³/mol. The van der Waals surface area contributed by atoms with Gasteiger partial charge in [0.05, 0.1) is 0 Å². The first-order valence-electron chi connectivity index (χ1n) is 4.98. The van der Waals surface area contributed by atoms with Crippen molar-refractivity contribution in [3.63, 3.8) is 0 Å². The fourth-order valence-electron chi connectivity index (χ4n) is 1.51. The Morgan fingerprint density at radius 3 is 2.38 bits per heavy atom. The van der Waals surface area contributed by atoms with E-state index in [1.807, 2.05) is 13.8 Å². The second-order valence-corrected chi connectivity index (χ2v) is 3.93. The van der Waals surface area contributed by atoms with E-state index in [4.69, 9.17) is 10.8 Å². The monoisotopic (exact) mass is 187 g/mol. The van der Waals surface area contributed by atoms with Crippen LogP contribution in [0.2, 0.25) is 0 Å². The van der Waals surface area contributed by atoms with Crippen LogP contribution < -0.4 is 5.73 Å². The molecule has 0 aliphatic carbocycles. The Kier molecular flexibility index (Phi) is 4.99. The van der Waals surface area contributed by atoms with Crippen molar-refractivity contribution < 1.29 is 9.90 Å². The van der Waals surface area contributed by atoms with Crippen molar-refractivity contribution in [1.82, 2.24) is 0 Å². The van der Waals surface area contributed by atoms with Crippen LogP contribution in [0.25, 0.3) is 0 Å². The van der Waals surface area contributed by atoms with Crippen LogP contribution >= 0.6 is 0 Å². The first kappa shape index (κ1) is 12.4. The molecule has 0 saturated heterocycles. The molecule has 2 atom stereocenters. The zero-order valence-electron chi connectivity index (χ0n) is 8.84. The molecule has 2 unspecified atom stereocenters. The summed E-state index contributed by atoms with van der Waals surface area (Å²) in [5.41, 5.74) is 4.82. The number of carboxylic acid groups (broad SMARTS) is 1. The summed E-state index contributed by atoms with van der Waals surface area (Å²) in [5, 5.41) is 8.98. The number of rotatable bonds is 6. The Morgan fingerprint density at radius 2 is 2.08 bits per heavy atom. The first-order chi connectivity index (χ1) is 5.96. The molecule has 0 fully saturated rings. The van der Waals surface area contributed by atoms with Crippen molar-refractivity contribution in [1.29, 1.82) is 0 Å². The number of hydrogen-bond donors (Lipinski definition) is 2. The molecular formula is C10H21NO2. The minimum Gasteiger partial charge on any atom is -0.480 e. The molecule has 0 bridgehead atoms. The van der Waals surface area contributed by atoms with Gasteiger partial charge in [-0.05, 0) is 18.8 Å². The smallest absolute Gasteiger partial charge is 0.323 e. The van der Waals surface area contributed by atoms with Crippen molar-refractivity contribution in [3.05, 3.63) is 0 Å². The van der Waals surface area contributed by atoms with Gasteiger partial charge in [-0.15, -0.1) is 0 Å². The molecule has 0 saturated carbocycles. The molecule has 0 radical (unpaired) electrons. The summed E-state index contributed by atoms with van der Waals surface area (Å²) in [6.45, 7) is 6.06. The maximum atomic E-state index is 10.9. The van der Waals surface area contributed by atoms with Crippen LogP contribution in [-0.4, -0.2) is 16.6 Å². The summed E-state index contributed by atoms with van der Waals surface area (Å²) >= 11 is 0. The summed E-state index contributed by atoms with van der Waals surface area (Å²) in [6, 6.07) is 0. The lowest BCUT2D eigenvalue weighted by atomic mass is 9.84. The third-order valence-electron chi connectivity index (χ3n) is 2.53. The molecule has 0 aromatic carbocycles. The van der Waals surface area contributed by atoms with Gasteiger partial charge in [-0.2, -0.15) is 0 Å². The third kappa shape index (κ3) is 3.77. The molecule has 0 spiro atoms. The SMILES string of the molecule is CCCC(N)(CC(C)CC)C(=O)O. The lowest BCUT2D eigenvalue weighted by Crippen LogP contribution is -2.49. The van der Waals surface area contributed by atoms with Gasteiger partial charge >= 0.3 is 5.97 Å². The molecule has 3 nitrogen and oxygen atoms in total. The largest absolute Gasteiger partial charge is 0.480 e. The van der Waals surface area contributed by atoms with Gasteiger partial charge in [-0.1, -0.05) is 33.6 Å². The Morgan fingerprint density at radius 1 is 1.54 bits per heavy atom. The molecule has 0 aliphatic rings. The second kappa shape index (κ2) is 5.22. The summed E-state index contributed by atoms with van der Waals surface area (Å²) in [5.74, 6) is -0.484. The molecule has 0 rings (SSSR count). The molecule has 78 valence electrons. The summed E-state index contributed by atoms with van der Waals surface area (Å²) in [4.78, 5) is 10.9. The lowest BCUT2D eigenvalue weighted by molar-refractivity contribution is -0.144. The number of hydrogen-bond acceptors (Lipinski definition) is 2. The van der Waals surface area contributed by atoms with Crippen molar-refractivity contribution in [2.75, 3.05) is 0 Å². The highest BCUT2D eigenvalue weighted by Gasteiger charge is 2.33. The fourth-order valence-corrected chi connectivity index (χ4v) is 1.51. The van der Waals surface area contributed by atoms with Crippen molar-refractivity contribution >= 4 is 5.97 Å². The Balaban J connectivity index is 4.32. The van der Waals surface area contributed by atoms with E-state index in [0.717, 1.165) is 12.8 Å². The van der Waals surface area contributed by atoms with Crippen LogP contribution in [0, 0.1) is 5.92 Å².